The Kier molecular flexibility index (Phi) is 9.84. The molecule has 0 saturated carbocycles. The van der Waals surface area contributed by atoms with Crippen molar-refractivity contribution in [1.82, 2.24) is 19.9 Å². The summed E-state index contributed by atoms with van der Waals surface area (Å²) in [4.78, 5) is 27.2. The minimum absolute atomic E-state index is 0.150. The van der Waals surface area contributed by atoms with Crippen molar-refractivity contribution in [2.45, 2.75) is 69.0 Å². The van der Waals surface area contributed by atoms with E-state index in [1.165, 1.54) is 37.3 Å². The van der Waals surface area contributed by atoms with E-state index in [0.717, 1.165) is 6.26 Å². The number of hydrazine groups is 1. The molecule has 0 aromatic heterocycles. The number of allylic oxidation sites excluding steroid dienone is 1. The molecule has 16 heteroatoms. The van der Waals surface area contributed by atoms with Crippen molar-refractivity contribution in [2.75, 3.05) is 25.9 Å². The van der Waals surface area contributed by atoms with Crippen molar-refractivity contribution in [2.24, 2.45) is 0 Å². The maximum absolute atomic E-state index is 14.8. The maximum Gasteiger partial charge on any atom is 0.421 e. The van der Waals surface area contributed by atoms with E-state index in [4.69, 9.17) is 4.74 Å². The van der Waals surface area contributed by atoms with E-state index in [0.29, 0.717) is 48.8 Å². The van der Waals surface area contributed by atoms with Crippen LogP contribution in [0.15, 0.2) is 77.9 Å². The van der Waals surface area contributed by atoms with Crippen molar-refractivity contribution in [1.29, 1.82) is 0 Å². The number of ether oxygens (including phenoxy) is 1. The van der Waals surface area contributed by atoms with Crippen molar-refractivity contribution in [3.63, 3.8) is 0 Å². The fourth-order valence-corrected chi connectivity index (χ4v) is 8.34. The number of fused-ring (bicyclic) bond motifs is 2. The van der Waals surface area contributed by atoms with Gasteiger partial charge in [-0.1, -0.05) is 70.6 Å². The summed E-state index contributed by atoms with van der Waals surface area (Å²) in [5.41, 5.74) is -3.15. The van der Waals surface area contributed by atoms with Crippen molar-refractivity contribution >= 4 is 27.5 Å². The number of piperidine rings is 1. The number of nitrogens with one attached hydrogen (secondary N) is 2. The van der Waals surface area contributed by atoms with Gasteiger partial charge in [0.05, 0.1) is 24.7 Å². The summed E-state index contributed by atoms with van der Waals surface area (Å²) in [6.45, 7) is 1.56. The van der Waals surface area contributed by atoms with Gasteiger partial charge in [0.1, 0.15) is 6.54 Å². The van der Waals surface area contributed by atoms with E-state index in [1.807, 2.05) is 0 Å². The number of hydrogen-bond donors (Lipinski definition) is 2. The maximum atomic E-state index is 14.8. The summed E-state index contributed by atoms with van der Waals surface area (Å²) in [6.07, 6.45) is -10.8. The molecule has 1 aliphatic carbocycles. The van der Waals surface area contributed by atoms with Crippen LogP contribution in [-0.4, -0.2) is 69.2 Å². The first-order chi connectivity index (χ1) is 22.9. The first-order valence-corrected chi connectivity index (χ1v) is 17.5. The number of sulfonamides is 1. The first-order valence-electron chi connectivity index (χ1n) is 15.6. The van der Waals surface area contributed by atoms with Crippen LogP contribution in [0.2, 0.25) is 0 Å². The summed E-state index contributed by atoms with van der Waals surface area (Å²) in [5, 5.41) is 3.78. The molecule has 266 valence electrons. The normalized spacial score (nSPS) is 23.8. The zero-order valence-corrected chi connectivity index (χ0v) is 27.6. The molecule has 2 aromatic carbocycles. The highest BCUT2D eigenvalue weighted by Gasteiger charge is 2.64. The summed E-state index contributed by atoms with van der Waals surface area (Å²) < 4.78 is 119. The summed E-state index contributed by atoms with van der Waals surface area (Å²) in [6, 6.07) is 14.1. The van der Waals surface area contributed by atoms with Crippen molar-refractivity contribution < 1.29 is 49.1 Å². The van der Waals surface area contributed by atoms with Crippen LogP contribution >= 0.6 is 0 Å². The van der Waals surface area contributed by atoms with E-state index in [2.05, 4.69) is 10.7 Å². The van der Waals surface area contributed by atoms with Crippen LogP contribution in [-0.2, 0) is 36.4 Å². The minimum atomic E-state index is -5.35. The van der Waals surface area contributed by atoms with Gasteiger partial charge in [-0.05, 0) is 43.1 Å². The minimum Gasteiger partial charge on any atom is -0.356 e. The Morgan fingerprint density at radius 1 is 1.00 bits per heavy atom. The Hall–Kier alpha value is -3.73. The van der Waals surface area contributed by atoms with Crippen LogP contribution in [0.25, 0.3) is 0 Å². The second kappa shape index (κ2) is 13.2. The number of halogens is 6. The number of quaternary nitrogens is 1. The Morgan fingerprint density at radius 3 is 2.22 bits per heavy atom. The third-order valence-corrected chi connectivity index (χ3v) is 10.9. The molecule has 3 aliphatic rings. The number of hydrogen-bond acceptors (Lipinski definition) is 6. The van der Waals surface area contributed by atoms with E-state index >= 15 is 0 Å². The van der Waals surface area contributed by atoms with Crippen LogP contribution in [0.3, 0.4) is 0 Å². The van der Waals surface area contributed by atoms with Gasteiger partial charge in [-0.2, -0.15) is 34.8 Å². The van der Waals surface area contributed by atoms with Gasteiger partial charge in [0, 0.05) is 30.0 Å². The smallest absolute Gasteiger partial charge is 0.356 e. The Morgan fingerprint density at radius 2 is 1.63 bits per heavy atom. The monoisotopic (exact) mass is 715 g/mol. The van der Waals surface area contributed by atoms with Gasteiger partial charge in [-0.25, -0.2) is 5.43 Å². The van der Waals surface area contributed by atoms with Gasteiger partial charge >= 0.3 is 22.4 Å². The highest BCUT2D eigenvalue weighted by Crippen LogP contribution is 2.52. The molecule has 2 unspecified atom stereocenters. The number of alkyl halides is 6. The van der Waals surface area contributed by atoms with E-state index in [-0.39, 0.29) is 24.2 Å². The van der Waals surface area contributed by atoms with Crippen molar-refractivity contribution in [3.8, 4) is 0 Å². The molecule has 5 rings (SSSR count). The number of rotatable bonds is 8. The fraction of sp³-hybridized carbons (Fsp3) is 0.455. The van der Waals surface area contributed by atoms with Gasteiger partial charge in [-0.15, -0.1) is 0 Å². The van der Waals surface area contributed by atoms with Crippen LogP contribution < -0.4 is 14.7 Å². The average molecular weight is 716 g/mol. The van der Waals surface area contributed by atoms with Crippen LogP contribution in [0.1, 0.15) is 50.2 Å². The third-order valence-electron chi connectivity index (χ3n) is 9.36. The quantitative estimate of drug-likeness (QED) is 0.213. The molecule has 0 bridgehead atoms. The molecule has 2 N–H and O–H groups in total. The van der Waals surface area contributed by atoms with Gasteiger partial charge in [-0.3, -0.25) is 9.59 Å². The molecule has 1 saturated heterocycles. The number of benzene rings is 2. The number of carbonyl (C=O) groups excluding carboxylic acids is 2. The predicted octanol–water partition coefficient (Wildman–Crippen LogP) is 5.50. The summed E-state index contributed by atoms with van der Waals surface area (Å²) in [5.74, 6) is -2.03. The lowest BCUT2D eigenvalue weighted by atomic mass is 9.75. The molecule has 2 heterocycles. The summed E-state index contributed by atoms with van der Waals surface area (Å²) in [7, 11) is -4.42. The molecule has 1 spiro atoms. The number of nitrogens with zero attached hydrogens (tertiary/aromatic N) is 2. The molecule has 9 nitrogen and oxygen atoms in total. The second-order valence-corrected chi connectivity index (χ2v) is 14.7. The molecular formula is C33H37F6N4O5S+. The first kappa shape index (κ1) is 36.5. The molecule has 1 fully saturated rings. The van der Waals surface area contributed by atoms with Crippen LogP contribution in [0.4, 0.5) is 32.0 Å². The Balaban J connectivity index is 1.63. The van der Waals surface area contributed by atoms with E-state index in [9.17, 15) is 44.3 Å². The molecule has 2 aromatic rings. The Bertz CT molecular complexity index is 1760. The van der Waals surface area contributed by atoms with Gasteiger partial charge in [0.2, 0.25) is 5.91 Å². The standard InChI is InChI=1S/C33H36F6N4O5S/c1-3-28(44)41-42(43(49(2,46)47)22-30(13-15-40-16-14-30)26-11-7-8-12-27(26)43)29(45)18-24-17-25(32(34,35)36)20-31(19-24,33(37,38)39)48-21-23-9-5-4-6-10-23/h4-12,17,19,40H,3,13-16,18,20-22H2,1-2H3/p+1. The lowest BCUT2D eigenvalue weighted by Gasteiger charge is -2.42. The van der Waals surface area contributed by atoms with E-state index in [1.54, 1.807) is 24.3 Å². The van der Waals surface area contributed by atoms with Crippen LogP contribution in [0, 0.1) is 0 Å². The lowest BCUT2D eigenvalue weighted by Crippen LogP contribution is -2.72. The molecule has 2 atom stereocenters. The second-order valence-electron chi connectivity index (χ2n) is 12.6. The largest absolute Gasteiger partial charge is 0.421 e. The molecule has 2 aliphatic heterocycles. The molecular weight excluding hydrogens is 678 g/mol. The van der Waals surface area contributed by atoms with Crippen LogP contribution in [0.5, 0.6) is 0 Å². The topological polar surface area (TPSA) is 105 Å². The molecule has 49 heavy (non-hydrogen) atoms. The van der Waals surface area contributed by atoms with Gasteiger partial charge in [0.15, 0.2) is 11.3 Å². The lowest BCUT2D eigenvalue weighted by molar-refractivity contribution is -0.264. The Labute approximate surface area is 280 Å². The number of para-hydroxylation sites is 1. The van der Waals surface area contributed by atoms with Gasteiger partial charge < -0.3 is 10.1 Å². The summed E-state index contributed by atoms with van der Waals surface area (Å²) >= 11 is 0. The third kappa shape index (κ3) is 6.87. The number of amides is 2. The fourth-order valence-electron chi connectivity index (χ4n) is 6.91. The molecule has 2 amide bonds. The highest BCUT2D eigenvalue weighted by atomic mass is 32.2. The molecule has 0 radical (unpaired) electrons. The van der Waals surface area contributed by atoms with Gasteiger partial charge in [0.25, 0.3) is 5.91 Å². The zero-order valence-electron chi connectivity index (χ0n) is 26.8. The highest BCUT2D eigenvalue weighted by molar-refractivity contribution is 7.90. The van der Waals surface area contributed by atoms with Crippen molar-refractivity contribution in [3.05, 3.63) is 89.0 Å². The number of carbonyl (C=O) groups is 2. The van der Waals surface area contributed by atoms with E-state index < -0.39 is 79.8 Å². The SMILES string of the molecule is CCC(=O)NN(C(=O)CC1=CC(OCc2ccccc2)(C(F)(F)F)CC(C(F)(F)F)=C1)[N+]1(S(C)(=O)=O)CC2(CCNCC2)c2ccccc21. The average Bonchev–Trinajstić information content (AvgIpc) is 3.32. The predicted molar refractivity (Wildman–Crippen MR) is 168 cm³/mol. The zero-order chi connectivity index (χ0) is 35.9.